The molecule has 0 N–H and O–H groups in total. The van der Waals surface area contributed by atoms with Gasteiger partial charge in [0.1, 0.15) is 5.82 Å². The fourth-order valence-corrected chi connectivity index (χ4v) is 4.87. The minimum Gasteiger partial charge on any atom is -0.293 e. The minimum atomic E-state index is -0.436. The van der Waals surface area contributed by atoms with Gasteiger partial charge in [-0.3, -0.25) is 18.6 Å². The molecular weight excluding hydrogens is 367 g/mol. The maximum absolute atomic E-state index is 13.3. The number of benzene rings is 1. The maximum atomic E-state index is 13.3. The largest absolute Gasteiger partial charge is 0.293 e. The van der Waals surface area contributed by atoms with Crippen molar-refractivity contribution in [2.24, 2.45) is 0 Å². The third kappa shape index (κ3) is 2.68. The minimum absolute atomic E-state index is 0.113. The molecule has 1 aliphatic rings. The van der Waals surface area contributed by atoms with Crippen LogP contribution in [0.2, 0.25) is 0 Å². The lowest BCUT2D eigenvalue weighted by Crippen LogP contribution is -2.24. The third-order valence-electron chi connectivity index (χ3n) is 4.93. The molecule has 0 fully saturated rings. The van der Waals surface area contributed by atoms with E-state index in [1.54, 1.807) is 15.7 Å². The van der Waals surface area contributed by atoms with Crippen LogP contribution >= 0.6 is 11.3 Å². The summed E-state index contributed by atoms with van der Waals surface area (Å²) in [6.45, 7) is 0.146. The molecule has 0 amide bonds. The van der Waals surface area contributed by atoms with E-state index in [4.69, 9.17) is 0 Å². The topological polar surface area (TPSA) is 69.3 Å². The zero-order chi connectivity index (χ0) is 18.5. The third-order valence-corrected chi connectivity index (χ3v) is 6.08. The Morgan fingerprint density at radius 3 is 2.89 bits per heavy atom. The number of rotatable bonds is 2. The second kappa shape index (κ2) is 6.09. The van der Waals surface area contributed by atoms with Gasteiger partial charge >= 0.3 is 0 Å². The molecule has 3 heterocycles. The first kappa shape index (κ1) is 16.3. The molecule has 136 valence electrons. The molecule has 3 aromatic heterocycles. The van der Waals surface area contributed by atoms with E-state index in [-0.39, 0.29) is 17.7 Å². The van der Waals surface area contributed by atoms with Crippen molar-refractivity contribution in [1.29, 1.82) is 0 Å². The summed E-state index contributed by atoms with van der Waals surface area (Å²) in [6, 6.07) is 5.38. The first-order chi connectivity index (χ1) is 13.1. The van der Waals surface area contributed by atoms with Gasteiger partial charge in [-0.05, 0) is 37.8 Å². The summed E-state index contributed by atoms with van der Waals surface area (Å²) in [4.78, 5) is 35.9. The summed E-state index contributed by atoms with van der Waals surface area (Å²) in [6.07, 6.45) is 5.49. The molecule has 1 aromatic carbocycles. The zero-order valence-corrected chi connectivity index (χ0v) is 15.1. The Balaban J connectivity index is 1.60. The number of hydrogen-bond acceptors (Lipinski definition) is 5. The van der Waals surface area contributed by atoms with Crippen molar-refractivity contribution in [3.8, 4) is 0 Å². The first-order valence-electron chi connectivity index (χ1n) is 8.78. The van der Waals surface area contributed by atoms with Crippen molar-refractivity contribution in [2.45, 2.75) is 32.2 Å². The Hall–Kier alpha value is -2.87. The summed E-state index contributed by atoms with van der Waals surface area (Å²) in [5, 5.41) is 0.336. The van der Waals surface area contributed by atoms with Crippen LogP contribution in [0.15, 0.2) is 40.2 Å². The van der Waals surface area contributed by atoms with Gasteiger partial charge in [-0.15, -0.1) is 11.3 Å². The highest BCUT2D eigenvalue weighted by Gasteiger charge is 2.18. The van der Waals surface area contributed by atoms with Gasteiger partial charge in [0.25, 0.3) is 11.1 Å². The van der Waals surface area contributed by atoms with Crippen LogP contribution in [0.4, 0.5) is 4.39 Å². The Labute approximate surface area is 156 Å². The second-order valence-corrected chi connectivity index (χ2v) is 7.78. The first-order valence-corrected chi connectivity index (χ1v) is 9.60. The number of aryl methyl sites for hydroxylation is 2. The lowest BCUT2D eigenvalue weighted by atomic mass is 10.0. The normalized spacial score (nSPS) is 14.0. The van der Waals surface area contributed by atoms with E-state index >= 15 is 0 Å². The molecule has 0 saturated heterocycles. The molecule has 8 heteroatoms. The van der Waals surface area contributed by atoms with Crippen molar-refractivity contribution >= 4 is 27.2 Å². The lowest BCUT2D eigenvalue weighted by molar-refractivity contribution is 0.629. The molecule has 0 radical (unpaired) electrons. The summed E-state index contributed by atoms with van der Waals surface area (Å²) in [5.41, 5.74) is 1.51. The fraction of sp³-hybridized carbons (Fsp3) is 0.263. The van der Waals surface area contributed by atoms with Gasteiger partial charge in [0.2, 0.25) is 0 Å². The Bertz CT molecular complexity index is 1320. The highest BCUT2D eigenvalue weighted by atomic mass is 32.1. The molecule has 0 saturated carbocycles. The van der Waals surface area contributed by atoms with Gasteiger partial charge in [0, 0.05) is 22.7 Å². The molecule has 0 aliphatic heterocycles. The molecule has 0 spiro atoms. The Morgan fingerprint density at radius 1 is 1.15 bits per heavy atom. The van der Waals surface area contributed by atoms with Gasteiger partial charge in [-0.1, -0.05) is 0 Å². The molecule has 4 aromatic rings. The van der Waals surface area contributed by atoms with Gasteiger partial charge < -0.3 is 0 Å². The van der Waals surface area contributed by atoms with Crippen LogP contribution in [0.3, 0.4) is 0 Å². The summed E-state index contributed by atoms with van der Waals surface area (Å²) in [5.74, 6) is -0.436. The summed E-state index contributed by atoms with van der Waals surface area (Å²) in [7, 11) is 0. The Kier molecular flexibility index (Phi) is 3.68. The smallest absolute Gasteiger partial charge is 0.261 e. The van der Waals surface area contributed by atoms with Crippen molar-refractivity contribution < 1.29 is 4.39 Å². The van der Waals surface area contributed by atoms with Crippen molar-refractivity contribution in [3.05, 3.63) is 73.4 Å². The molecule has 1 aliphatic carbocycles. The van der Waals surface area contributed by atoms with Gasteiger partial charge in [-0.25, -0.2) is 14.4 Å². The lowest BCUT2D eigenvalue weighted by Gasteiger charge is -2.10. The average molecular weight is 382 g/mol. The van der Waals surface area contributed by atoms with Gasteiger partial charge in [0.05, 0.1) is 29.5 Å². The maximum Gasteiger partial charge on any atom is 0.261 e. The fourth-order valence-electron chi connectivity index (χ4n) is 3.64. The quantitative estimate of drug-likeness (QED) is 0.534. The van der Waals surface area contributed by atoms with E-state index in [1.807, 2.05) is 0 Å². The average Bonchev–Trinajstić information content (AvgIpc) is 3.03. The second-order valence-electron chi connectivity index (χ2n) is 6.72. The van der Waals surface area contributed by atoms with Crippen molar-refractivity contribution in [2.75, 3.05) is 0 Å². The van der Waals surface area contributed by atoms with E-state index in [0.717, 1.165) is 31.4 Å². The predicted octanol–water partition coefficient (Wildman–Crippen LogP) is 2.53. The van der Waals surface area contributed by atoms with E-state index in [0.29, 0.717) is 21.6 Å². The van der Waals surface area contributed by atoms with Crippen molar-refractivity contribution in [3.63, 3.8) is 0 Å². The van der Waals surface area contributed by atoms with E-state index in [9.17, 15) is 14.0 Å². The molecule has 0 bridgehead atoms. The van der Waals surface area contributed by atoms with Crippen molar-refractivity contribution in [1.82, 2.24) is 18.9 Å². The van der Waals surface area contributed by atoms with E-state index < -0.39 is 5.82 Å². The number of hydrogen-bond donors (Lipinski definition) is 0. The SMILES string of the molecule is O=c1c2ccc(F)cc2ncn1Cc1cc(=O)n2c3c(sc2n1)CCCC3. The zero-order valence-electron chi connectivity index (χ0n) is 14.3. The predicted molar refractivity (Wildman–Crippen MR) is 101 cm³/mol. The molecule has 0 atom stereocenters. The van der Waals surface area contributed by atoms with E-state index in [2.05, 4.69) is 9.97 Å². The number of aromatic nitrogens is 4. The highest BCUT2D eigenvalue weighted by molar-refractivity contribution is 7.17. The standard InChI is InChI=1S/C19H15FN4O2S/c20-11-5-6-13-14(7-11)21-10-23(18(13)26)9-12-8-17(25)24-15-3-1-2-4-16(15)27-19(24)22-12/h5-8,10H,1-4,9H2. The number of thiazole rings is 1. The van der Waals surface area contributed by atoms with Gasteiger partial charge in [0.15, 0.2) is 4.96 Å². The molecule has 5 rings (SSSR count). The number of halogens is 1. The van der Waals surface area contributed by atoms with Crippen LogP contribution in [0, 0.1) is 5.82 Å². The van der Waals surface area contributed by atoms with Crippen LogP contribution in [0.1, 0.15) is 29.1 Å². The van der Waals surface area contributed by atoms with Crippen LogP contribution in [0.25, 0.3) is 15.9 Å². The highest BCUT2D eigenvalue weighted by Crippen LogP contribution is 2.28. The Morgan fingerprint density at radius 2 is 2.00 bits per heavy atom. The monoisotopic (exact) mass is 382 g/mol. The van der Waals surface area contributed by atoms with Gasteiger partial charge in [-0.2, -0.15) is 0 Å². The molecule has 0 unspecified atom stereocenters. The van der Waals surface area contributed by atoms with E-state index in [1.165, 1.54) is 40.0 Å². The summed E-state index contributed by atoms with van der Waals surface area (Å²) < 4.78 is 16.4. The number of fused-ring (bicyclic) bond motifs is 4. The molecular formula is C19H15FN4O2S. The number of nitrogens with zero attached hydrogens (tertiary/aromatic N) is 4. The van der Waals surface area contributed by atoms with Crippen LogP contribution in [-0.4, -0.2) is 18.9 Å². The van der Waals surface area contributed by atoms with Crippen LogP contribution in [0.5, 0.6) is 0 Å². The molecule has 6 nitrogen and oxygen atoms in total. The van der Waals surface area contributed by atoms with Crippen LogP contribution in [-0.2, 0) is 19.4 Å². The van der Waals surface area contributed by atoms with Crippen LogP contribution < -0.4 is 11.1 Å². The molecule has 27 heavy (non-hydrogen) atoms. The summed E-state index contributed by atoms with van der Waals surface area (Å²) >= 11 is 1.55.